The summed E-state index contributed by atoms with van der Waals surface area (Å²) in [4.78, 5) is 25.8. The average Bonchev–Trinajstić information content (AvgIpc) is 3.19. The van der Waals surface area contributed by atoms with Crippen LogP contribution in [0.5, 0.6) is 0 Å². The van der Waals surface area contributed by atoms with Gasteiger partial charge in [-0.1, -0.05) is 44.2 Å². The second kappa shape index (κ2) is 5.27. The summed E-state index contributed by atoms with van der Waals surface area (Å²) in [5, 5.41) is 9.95. The molecule has 0 spiro atoms. The normalized spacial score (nSPS) is 17.6. The Morgan fingerprint density at radius 2 is 1.80 bits per heavy atom. The Hall–Kier alpha value is -1.84. The van der Waals surface area contributed by atoms with Crippen molar-refractivity contribution in [2.45, 2.75) is 45.2 Å². The summed E-state index contributed by atoms with van der Waals surface area (Å²) >= 11 is 0. The van der Waals surface area contributed by atoms with Crippen molar-refractivity contribution in [3.05, 3.63) is 35.9 Å². The highest BCUT2D eigenvalue weighted by atomic mass is 16.4. The Kier molecular flexibility index (Phi) is 3.84. The number of carbonyl (C=O) groups excluding carboxylic acids is 1. The lowest BCUT2D eigenvalue weighted by Gasteiger charge is -2.44. The molecule has 1 aromatic rings. The first-order valence-corrected chi connectivity index (χ1v) is 7.01. The lowest BCUT2D eigenvalue weighted by molar-refractivity contribution is -0.164. The van der Waals surface area contributed by atoms with E-state index in [0.29, 0.717) is 5.56 Å². The van der Waals surface area contributed by atoms with Gasteiger partial charge in [0.2, 0.25) is 5.91 Å². The molecule has 1 saturated carbocycles. The first kappa shape index (κ1) is 14.6. The topological polar surface area (TPSA) is 57.6 Å². The van der Waals surface area contributed by atoms with E-state index in [4.69, 9.17) is 0 Å². The molecule has 1 unspecified atom stereocenters. The summed E-state index contributed by atoms with van der Waals surface area (Å²) in [6.45, 7) is 5.18. The zero-order valence-electron chi connectivity index (χ0n) is 12.2. The number of carboxylic acids is 1. The average molecular weight is 275 g/mol. The van der Waals surface area contributed by atoms with Crippen LogP contribution in [0.2, 0.25) is 0 Å². The van der Waals surface area contributed by atoms with Gasteiger partial charge in [0.05, 0.1) is 0 Å². The lowest BCUT2D eigenvalue weighted by atomic mass is 9.77. The molecule has 0 bridgehead atoms. The summed E-state index contributed by atoms with van der Waals surface area (Å²) in [7, 11) is 0. The van der Waals surface area contributed by atoms with Gasteiger partial charge in [-0.2, -0.15) is 0 Å². The third-order valence-electron chi connectivity index (χ3n) is 4.01. The first-order chi connectivity index (χ1) is 9.42. The van der Waals surface area contributed by atoms with Crippen LogP contribution in [0.3, 0.4) is 0 Å². The maximum atomic E-state index is 12.1. The summed E-state index contributed by atoms with van der Waals surface area (Å²) < 4.78 is 0. The van der Waals surface area contributed by atoms with E-state index in [1.54, 1.807) is 17.0 Å². The van der Waals surface area contributed by atoms with Crippen molar-refractivity contribution in [3.63, 3.8) is 0 Å². The number of hydrogen-bond acceptors (Lipinski definition) is 2. The first-order valence-electron chi connectivity index (χ1n) is 7.01. The minimum Gasteiger partial charge on any atom is -0.479 e. The van der Waals surface area contributed by atoms with Crippen molar-refractivity contribution in [3.8, 4) is 0 Å². The molecule has 1 aromatic carbocycles. The standard InChI is InChI=1S/C16H21NO3/c1-11(2)16(15(19)20,13-7-5-4-6-8-13)17(12(3)18)14-9-10-14/h4-8,11,14H,9-10H2,1-3H3,(H,19,20). The third kappa shape index (κ3) is 2.19. The zero-order valence-corrected chi connectivity index (χ0v) is 12.2. The molecule has 1 aliphatic carbocycles. The number of benzene rings is 1. The van der Waals surface area contributed by atoms with Gasteiger partial charge in [-0.05, 0) is 24.3 Å². The fraction of sp³-hybridized carbons (Fsp3) is 0.500. The second-order valence-electron chi connectivity index (χ2n) is 5.71. The van der Waals surface area contributed by atoms with E-state index in [0.717, 1.165) is 12.8 Å². The Morgan fingerprint density at radius 1 is 1.25 bits per heavy atom. The molecule has 1 aliphatic rings. The van der Waals surface area contributed by atoms with Crippen LogP contribution in [-0.4, -0.2) is 27.9 Å². The van der Waals surface area contributed by atoms with E-state index in [2.05, 4.69) is 0 Å². The van der Waals surface area contributed by atoms with Crippen LogP contribution in [-0.2, 0) is 15.1 Å². The van der Waals surface area contributed by atoms with Gasteiger partial charge in [0.1, 0.15) is 0 Å². The predicted octanol–water partition coefficient (Wildman–Crippen LogP) is 2.63. The SMILES string of the molecule is CC(=O)N(C1CC1)C(C(=O)O)(c1ccccc1)C(C)C. The van der Waals surface area contributed by atoms with Crippen LogP contribution in [0.25, 0.3) is 0 Å². The number of carboxylic acid groups (broad SMARTS) is 1. The molecule has 108 valence electrons. The van der Waals surface area contributed by atoms with Crippen LogP contribution < -0.4 is 0 Å². The molecule has 0 saturated heterocycles. The Labute approximate surface area is 119 Å². The molecule has 0 aromatic heterocycles. The van der Waals surface area contributed by atoms with E-state index in [1.165, 1.54) is 6.92 Å². The molecule has 0 heterocycles. The van der Waals surface area contributed by atoms with Crippen molar-refractivity contribution in [2.75, 3.05) is 0 Å². The highest BCUT2D eigenvalue weighted by Gasteiger charge is 2.54. The molecule has 1 N–H and O–H groups in total. The van der Waals surface area contributed by atoms with Crippen LogP contribution in [0.4, 0.5) is 0 Å². The summed E-state index contributed by atoms with van der Waals surface area (Å²) in [6.07, 6.45) is 1.77. The van der Waals surface area contributed by atoms with Gasteiger partial charge in [-0.25, -0.2) is 4.79 Å². The molecule has 20 heavy (non-hydrogen) atoms. The molecular formula is C16H21NO3. The molecule has 0 radical (unpaired) electrons. The smallest absolute Gasteiger partial charge is 0.334 e. The van der Waals surface area contributed by atoms with Crippen molar-refractivity contribution < 1.29 is 14.7 Å². The maximum Gasteiger partial charge on any atom is 0.334 e. The molecular weight excluding hydrogens is 254 g/mol. The fourth-order valence-corrected chi connectivity index (χ4v) is 3.04. The summed E-state index contributed by atoms with van der Waals surface area (Å²) in [5.74, 6) is -1.35. The quantitative estimate of drug-likeness (QED) is 0.898. The van der Waals surface area contributed by atoms with Crippen molar-refractivity contribution in [1.82, 2.24) is 4.90 Å². The summed E-state index contributed by atoms with van der Waals surface area (Å²) in [5.41, 5.74) is -0.613. The van der Waals surface area contributed by atoms with Gasteiger partial charge in [0.25, 0.3) is 0 Å². The van der Waals surface area contributed by atoms with E-state index in [1.807, 2.05) is 32.0 Å². The molecule has 1 atom stereocenters. The molecule has 1 fully saturated rings. The highest BCUT2D eigenvalue weighted by Crippen LogP contribution is 2.43. The number of carbonyl (C=O) groups is 2. The number of rotatable bonds is 5. The van der Waals surface area contributed by atoms with Crippen LogP contribution in [0.1, 0.15) is 39.2 Å². The third-order valence-corrected chi connectivity index (χ3v) is 4.01. The fourth-order valence-electron chi connectivity index (χ4n) is 3.04. The van der Waals surface area contributed by atoms with Gasteiger partial charge < -0.3 is 10.0 Å². The minimum atomic E-state index is -1.28. The Balaban J connectivity index is 2.64. The Morgan fingerprint density at radius 3 is 2.15 bits per heavy atom. The molecule has 0 aliphatic heterocycles. The van der Waals surface area contributed by atoms with E-state index >= 15 is 0 Å². The molecule has 4 nitrogen and oxygen atoms in total. The van der Waals surface area contributed by atoms with E-state index in [9.17, 15) is 14.7 Å². The van der Waals surface area contributed by atoms with Gasteiger partial charge in [0, 0.05) is 13.0 Å². The number of hydrogen-bond donors (Lipinski definition) is 1. The van der Waals surface area contributed by atoms with Crippen molar-refractivity contribution >= 4 is 11.9 Å². The molecule has 2 rings (SSSR count). The Bertz CT molecular complexity index is 508. The molecule has 1 amide bonds. The van der Waals surface area contributed by atoms with Gasteiger partial charge in [-0.3, -0.25) is 4.79 Å². The van der Waals surface area contributed by atoms with Crippen molar-refractivity contribution in [2.24, 2.45) is 5.92 Å². The highest BCUT2D eigenvalue weighted by molar-refractivity contribution is 5.88. The lowest BCUT2D eigenvalue weighted by Crippen LogP contribution is -2.58. The second-order valence-corrected chi connectivity index (χ2v) is 5.71. The predicted molar refractivity (Wildman–Crippen MR) is 76.1 cm³/mol. The van der Waals surface area contributed by atoms with Gasteiger partial charge in [-0.15, -0.1) is 0 Å². The van der Waals surface area contributed by atoms with Gasteiger partial charge in [0.15, 0.2) is 5.54 Å². The minimum absolute atomic E-state index is 0.0474. The maximum absolute atomic E-state index is 12.1. The van der Waals surface area contributed by atoms with Crippen molar-refractivity contribution in [1.29, 1.82) is 0 Å². The number of amides is 1. The largest absolute Gasteiger partial charge is 0.479 e. The van der Waals surface area contributed by atoms with Gasteiger partial charge >= 0.3 is 5.97 Å². The zero-order chi connectivity index (χ0) is 14.9. The van der Waals surface area contributed by atoms with Crippen LogP contribution >= 0.6 is 0 Å². The molecule has 4 heteroatoms. The summed E-state index contributed by atoms with van der Waals surface area (Å²) in [6, 6.07) is 9.14. The van der Waals surface area contributed by atoms with Crippen LogP contribution in [0, 0.1) is 5.92 Å². The monoisotopic (exact) mass is 275 g/mol. The van der Waals surface area contributed by atoms with Crippen LogP contribution in [0.15, 0.2) is 30.3 Å². The number of aliphatic carboxylic acids is 1. The van der Waals surface area contributed by atoms with E-state index in [-0.39, 0.29) is 17.9 Å². The van der Waals surface area contributed by atoms with E-state index < -0.39 is 11.5 Å². The number of nitrogens with zero attached hydrogens (tertiary/aromatic N) is 1.